The molecule has 330 valence electrons. The number of carbonyl (C=O) groups is 6. The van der Waals surface area contributed by atoms with E-state index in [0.29, 0.717) is 46.7 Å². The lowest BCUT2D eigenvalue weighted by Gasteiger charge is -2.20. The van der Waals surface area contributed by atoms with Crippen LogP contribution in [0.1, 0.15) is 70.7 Å². The molecular formula is C46H42Cl4N8O6. The van der Waals surface area contributed by atoms with Crippen molar-refractivity contribution < 1.29 is 28.8 Å². The summed E-state index contributed by atoms with van der Waals surface area (Å²) in [6.07, 6.45) is 0.799. The van der Waals surface area contributed by atoms with E-state index in [9.17, 15) is 28.8 Å². The number of nitrogens with zero attached hydrogens (tertiary/aromatic N) is 4. The van der Waals surface area contributed by atoms with Gasteiger partial charge in [-0.2, -0.15) is 20.5 Å². The van der Waals surface area contributed by atoms with Crippen LogP contribution in [0.5, 0.6) is 0 Å². The molecule has 64 heavy (non-hydrogen) atoms. The Bertz CT molecular complexity index is 2490. The number of carbonyl (C=O) groups excluding carboxylic acids is 6. The lowest BCUT2D eigenvalue weighted by Crippen LogP contribution is -2.33. The maximum absolute atomic E-state index is 13.6. The topological polar surface area (TPSA) is 200 Å². The number of hydrogen-bond donors (Lipinski definition) is 4. The third-order valence-electron chi connectivity index (χ3n) is 9.47. The van der Waals surface area contributed by atoms with E-state index in [1.54, 1.807) is 48.5 Å². The molecule has 4 N–H and O–H groups in total. The van der Waals surface area contributed by atoms with Crippen molar-refractivity contribution in [3.8, 4) is 0 Å². The van der Waals surface area contributed by atoms with Crippen molar-refractivity contribution in [2.75, 3.05) is 21.3 Å². The standard InChI is InChI=1S/C46H42Cl4N8O6/c1-5-37-38(6-2)40(54-46(64)42(26(4)60)58-56-36-20-30(18-32(50)22-36)44(62)52-34-12-8-10-28(16-34)24-48)14-13-39(37)53-45(63)41(25(3)59)57-55-35-19-29(17-31(49)21-35)43(61)51-33-11-7-9-27(15-33)23-47/h7-22,41-42H,5-6,23-24H2,1-4H3,(H,51,61)(H,52,62)(H,53,63)(H,54,64). The fraction of sp³-hybridized carbons (Fsp3) is 0.217. The number of ketones is 2. The Kier molecular flexibility index (Phi) is 17.4. The number of hydrogen-bond acceptors (Lipinski definition) is 10. The predicted octanol–water partition coefficient (Wildman–Crippen LogP) is 11.5. The summed E-state index contributed by atoms with van der Waals surface area (Å²) in [5.41, 5.74) is 5.27. The van der Waals surface area contributed by atoms with Crippen LogP contribution >= 0.6 is 46.4 Å². The van der Waals surface area contributed by atoms with E-state index in [0.717, 1.165) is 11.1 Å². The zero-order valence-corrected chi connectivity index (χ0v) is 38.0. The first-order valence-corrected chi connectivity index (χ1v) is 21.6. The van der Waals surface area contributed by atoms with Crippen LogP contribution in [-0.4, -0.2) is 47.3 Å². The SMILES string of the molecule is CCc1c(NC(=O)C(N=Nc2cc(Cl)cc(C(=O)Nc3cccc(CCl)c3)c2)C(C)=O)ccc(NC(=O)C(N=Nc2cc(Cl)cc(C(=O)Nc3cccc(CCl)c3)c2)C(C)=O)c1CC. The van der Waals surface area contributed by atoms with Gasteiger partial charge >= 0.3 is 0 Å². The van der Waals surface area contributed by atoms with E-state index in [2.05, 4.69) is 41.7 Å². The fourth-order valence-corrected chi connectivity index (χ4v) is 7.21. The molecule has 0 aromatic heterocycles. The maximum Gasteiger partial charge on any atom is 0.258 e. The number of rotatable bonds is 18. The Morgan fingerprint density at radius 2 is 0.922 bits per heavy atom. The van der Waals surface area contributed by atoms with Gasteiger partial charge in [-0.25, -0.2) is 0 Å². The van der Waals surface area contributed by atoms with Gasteiger partial charge in [-0.05, 0) is 122 Å². The molecule has 14 nitrogen and oxygen atoms in total. The molecule has 0 aliphatic carbocycles. The third kappa shape index (κ3) is 13.1. The molecule has 0 bridgehead atoms. The van der Waals surface area contributed by atoms with Crippen LogP contribution in [0.3, 0.4) is 0 Å². The van der Waals surface area contributed by atoms with Crippen molar-refractivity contribution >= 4 is 116 Å². The minimum Gasteiger partial charge on any atom is -0.323 e. The highest BCUT2D eigenvalue weighted by Gasteiger charge is 2.27. The van der Waals surface area contributed by atoms with E-state index in [-0.39, 0.29) is 44.3 Å². The summed E-state index contributed by atoms with van der Waals surface area (Å²) in [6.45, 7) is 6.09. The zero-order chi connectivity index (χ0) is 46.5. The van der Waals surface area contributed by atoms with Gasteiger partial charge in [-0.15, -0.1) is 23.2 Å². The smallest absolute Gasteiger partial charge is 0.258 e. The predicted molar refractivity (Wildman–Crippen MR) is 251 cm³/mol. The first-order chi connectivity index (χ1) is 30.6. The lowest BCUT2D eigenvalue weighted by molar-refractivity contribution is -0.127. The normalized spacial score (nSPS) is 12.1. The summed E-state index contributed by atoms with van der Waals surface area (Å²) < 4.78 is 0. The Labute approximate surface area is 389 Å². The van der Waals surface area contributed by atoms with Crippen molar-refractivity contribution in [1.82, 2.24) is 0 Å². The summed E-state index contributed by atoms with van der Waals surface area (Å²) in [7, 11) is 0. The van der Waals surface area contributed by atoms with Crippen molar-refractivity contribution in [3.05, 3.63) is 140 Å². The molecule has 18 heteroatoms. The minimum atomic E-state index is -1.57. The van der Waals surface area contributed by atoms with Gasteiger partial charge in [0.25, 0.3) is 23.6 Å². The largest absolute Gasteiger partial charge is 0.323 e. The third-order valence-corrected chi connectivity index (χ3v) is 10.5. The molecule has 2 atom stereocenters. The van der Waals surface area contributed by atoms with Crippen molar-refractivity contribution in [1.29, 1.82) is 0 Å². The van der Waals surface area contributed by atoms with Gasteiger partial charge in [0.2, 0.25) is 12.1 Å². The summed E-state index contributed by atoms with van der Waals surface area (Å²) in [4.78, 5) is 78.7. The number of nitrogens with one attached hydrogen (secondary N) is 4. The second kappa shape index (κ2) is 22.9. The summed E-state index contributed by atoms with van der Waals surface area (Å²) in [5.74, 6) is -3.18. The molecular weight excluding hydrogens is 902 g/mol. The fourth-order valence-electron chi connectivity index (χ4n) is 6.42. The van der Waals surface area contributed by atoms with Gasteiger partial charge in [0.05, 0.1) is 11.4 Å². The van der Waals surface area contributed by atoms with Crippen LogP contribution in [0.25, 0.3) is 0 Å². The van der Waals surface area contributed by atoms with Crippen LogP contribution < -0.4 is 21.3 Å². The monoisotopic (exact) mass is 942 g/mol. The summed E-state index contributed by atoms with van der Waals surface area (Å²) in [6, 6.07) is 22.6. The summed E-state index contributed by atoms with van der Waals surface area (Å²) >= 11 is 24.4. The molecule has 2 unspecified atom stereocenters. The molecule has 0 fully saturated rings. The number of benzene rings is 5. The molecule has 5 rings (SSSR count). The highest BCUT2D eigenvalue weighted by molar-refractivity contribution is 6.31. The first-order valence-electron chi connectivity index (χ1n) is 19.8. The number of halogens is 4. The Balaban J connectivity index is 1.30. The number of anilines is 4. The molecule has 0 heterocycles. The van der Waals surface area contributed by atoms with Crippen LogP contribution in [0.15, 0.2) is 118 Å². The average Bonchev–Trinajstić information content (AvgIpc) is 3.26. The quantitative estimate of drug-likeness (QED) is 0.0382. The maximum atomic E-state index is 13.6. The lowest BCUT2D eigenvalue weighted by atomic mass is 9.98. The average molecular weight is 945 g/mol. The Morgan fingerprint density at radius 1 is 0.531 bits per heavy atom. The highest BCUT2D eigenvalue weighted by Crippen LogP contribution is 2.31. The molecule has 5 aromatic rings. The molecule has 4 amide bonds. The number of alkyl halides is 2. The number of azo groups is 2. The summed E-state index contributed by atoms with van der Waals surface area (Å²) in [5, 5.41) is 27.7. The second-order valence-corrected chi connectivity index (χ2v) is 15.6. The Hall–Kier alpha value is -6.32. The molecule has 0 aliphatic rings. The van der Waals surface area contributed by atoms with Gasteiger partial charge in [-0.1, -0.05) is 61.3 Å². The van der Waals surface area contributed by atoms with Gasteiger partial charge in [0.15, 0.2) is 11.6 Å². The van der Waals surface area contributed by atoms with Gasteiger partial charge in [-0.3, -0.25) is 28.8 Å². The van der Waals surface area contributed by atoms with Crippen LogP contribution in [0, 0.1) is 0 Å². The van der Waals surface area contributed by atoms with Crippen molar-refractivity contribution in [3.63, 3.8) is 0 Å². The zero-order valence-electron chi connectivity index (χ0n) is 35.0. The first kappa shape index (κ1) is 48.7. The molecule has 0 radical (unpaired) electrons. The number of Topliss-reactive ketones (excluding diaryl/α,β-unsaturated/α-hetero) is 2. The van der Waals surface area contributed by atoms with E-state index in [1.807, 2.05) is 26.0 Å². The molecule has 0 aliphatic heterocycles. The van der Waals surface area contributed by atoms with Gasteiger partial charge in [0, 0.05) is 55.7 Å². The molecule has 5 aromatic carbocycles. The van der Waals surface area contributed by atoms with Crippen LogP contribution in [-0.2, 0) is 43.8 Å². The highest BCUT2D eigenvalue weighted by atomic mass is 35.5. The Morgan fingerprint density at radius 3 is 1.27 bits per heavy atom. The van der Waals surface area contributed by atoms with Gasteiger partial charge < -0.3 is 21.3 Å². The van der Waals surface area contributed by atoms with E-state index >= 15 is 0 Å². The van der Waals surface area contributed by atoms with Crippen LogP contribution in [0.4, 0.5) is 34.1 Å². The number of amides is 4. The molecule has 0 saturated carbocycles. The van der Waals surface area contributed by atoms with Crippen molar-refractivity contribution in [2.45, 2.75) is 64.4 Å². The van der Waals surface area contributed by atoms with E-state index < -0.39 is 47.3 Å². The van der Waals surface area contributed by atoms with Crippen molar-refractivity contribution in [2.24, 2.45) is 20.5 Å². The molecule has 0 saturated heterocycles. The molecule has 0 spiro atoms. The second-order valence-electron chi connectivity index (χ2n) is 14.2. The minimum absolute atomic E-state index is 0.127. The van der Waals surface area contributed by atoms with Crippen LogP contribution in [0.2, 0.25) is 10.0 Å². The van der Waals surface area contributed by atoms with E-state index in [1.165, 1.54) is 50.2 Å². The van der Waals surface area contributed by atoms with Gasteiger partial charge in [0.1, 0.15) is 0 Å². The van der Waals surface area contributed by atoms with E-state index in [4.69, 9.17) is 46.4 Å².